The molecule has 0 N–H and O–H groups in total. The van der Waals surface area contributed by atoms with Crippen molar-refractivity contribution in [3.63, 3.8) is 0 Å². The molecule has 0 fully saturated rings. The summed E-state index contributed by atoms with van der Waals surface area (Å²) >= 11 is 0. The summed E-state index contributed by atoms with van der Waals surface area (Å²) < 4.78 is 12.6. The highest BCUT2D eigenvalue weighted by atomic mass is 19.1. The van der Waals surface area contributed by atoms with E-state index in [0.29, 0.717) is 11.9 Å². The van der Waals surface area contributed by atoms with Crippen LogP contribution >= 0.6 is 0 Å². The van der Waals surface area contributed by atoms with E-state index < -0.39 is 0 Å². The smallest absolute Gasteiger partial charge is 0.124 e. The molecule has 0 unspecified atom stereocenters. The highest BCUT2D eigenvalue weighted by molar-refractivity contribution is 5.55. The molecule has 60 valence electrons. The van der Waals surface area contributed by atoms with Gasteiger partial charge in [-0.15, -0.1) is 0 Å². The second kappa shape index (κ2) is 5.59. The zero-order valence-electron chi connectivity index (χ0n) is 6.51. The molecular weight excluding hydrogens is 143 g/mol. The Hall–Kier alpha value is -1.18. The van der Waals surface area contributed by atoms with E-state index in [-0.39, 0.29) is 12.2 Å². The molecule has 0 bridgehead atoms. The summed E-state index contributed by atoms with van der Waals surface area (Å²) in [4.78, 5) is 9.92. The second-order valence-corrected chi connectivity index (χ2v) is 2.06. The molecule has 0 aliphatic heterocycles. The van der Waals surface area contributed by atoms with Crippen LogP contribution in [-0.4, -0.2) is 6.29 Å². The minimum Gasteiger partial charge on any atom is -0.303 e. The van der Waals surface area contributed by atoms with Crippen LogP contribution < -0.4 is 0 Å². The third-order valence-corrected chi connectivity index (χ3v) is 1.01. The van der Waals surface area contributed by atoms with Crippen molar-refractivity contribution in [2.45, 2.75) is 13.3 Å². The van der Waals surface area contributed by atoms with Crippen LogP contribution in [0.1, 0.15) is 13.3 Å². The molecule has 11 heavy (non-hydrogen) atoms. The summed E-state index contributed by atoms with van der Waals surface area (Å²) in [5, 5.41) is 0. The lowest BCUT2D eigenvalue weighted by Crippen LogP contribution is -1.78. The number of hydrogen-bond donors (Lipinski definition) is 0. The Kier molecular flexibility index (Phi) is 4.99. The maximum absolute atomic E-state index is 12.6. The minimum absolute atomic E-state index is 0.185. The van der Waals surface area contributed by atoms with E-state index in [1.807, 2.05) is 0 Å². The lowest BCUT2D eigenvalue weighted by Gasteiger charge is -1.90. The van der Waals surface area contributed by atoms with Gasteiger partial charge in [-0.2, -0.15) is 0 Å². The number of aldehydes is 1. The molecule has 0 aliphatic rings. The van der Waals surface area contributed by atoms with Gasteiger partial charge in [-0.25, -0.2) is 4.39 Å². The Bertz CT molecular complexity index is 202. The highest BCUT2D eigenvalue weighted by Crippen LogP contribution is 2.05. The molecule has 0 atom stereocenters. The van der Waals surface area contributed by atoms with Gasteiger partial charge in [0.15, 0.2) is 0 Å². The molecular formula is C9H11FO. The summed E-state index contributed by atoms with van der Waals surface area (Å²) in [6.45, 7) is 5.20. The average Bonchev–Trinajstić information content (AvgIpc) is 1.87. The van der Waals surface area contributed by atoms with Crippen molar-refractivity contribution >= 4 is 6.29 Å². The number of rotatable bonds is 4. The lowest BCUT2D eigenvalue weighted by molar-refractivity contribution is -0.107. The fourth-order valence-corrected chi connectivity index (χ4v) is 0.568. The molecule has 0 saturated carbocycles. The SMILES string of the molecule is C=C(/C=C(F)\C=C/C)CC=O. The van der Waals surface area contributed by atoms with Crippen molar-refractivity contribution in [2.24, 2.45) is 0 Å². The predicted molar refractivity (Wildman–Crippen MR) is 43.8 cm³/mol. The minimum atomic E-state index is -0.376. The first kappa shape index (κ1) is 9.82. The number of allylic oxidation sites excluding steroid dienone is 5. The van der Waals surface area contributed by atoms with Gasteiger partial charge >= 0.3 is 0 Å². The van der Waals surface area contributed by atoms with Gasteiger partial charge in [-0.3, -0.25) is 0 Å². The Morgan fingerprint density at radius 2 is 2.27 bits per heavy atom. The Morgan fingerprint density at radius 1 is 1.64 bits per heavy atom. The number of carbonyl (C=O) groups excluding carboxylic acids is 1. The Labute approximate surface area is 65.9 Å². The van der Waals surface area contributed by atoms with E-state index in [4.69, 9.17) is 0 Å². The Morgan fingerprint density at radius 3 is 2.73 bits per heavy atom. The predicted octanol–water partition coefficient (Wildman–Crippen LogP) is 2.56. The van der Waals surface area contributed by atoms with Crippen LogP contribution in [0.5, 0.6) is 0 Å². The van der Waals surface area contributed by atoms with E-state index in [1.54, 1.807) is 13.0 Å². The first-order valence-corrected chi connectivity index (χ1v) is 3.32. The van der Waals surface area contributed by atoms with Gasteiger partial charge in [0, 0.05) is 6.42 Å². The van der Waals surface area contributed by atoms with E-state index in [0.717, 1.165) is 0 Å². The van der Waals surface area contributed by atoms with Crippen molar-refractivity contribution < 1.29 is 9.18 Å². The average molecular weight is 154 g/mol. The van der Waals surface area contributed by atoms with Gasteiger partial charge in [0.25, 0.3) is 0 Å². The fraction of sp³-hybridized carbons (Fsp3) is 0.222. The van der Waals surface area contributed by atoms with Crippen molar-refractivity contribution in [2.75, 3.05) is 0 Å². The molecule has 0 amide bonds. The summed E-state index contributed by atoms with van der Waals surface area (Å²) in [6, 6.07) is 0. The summed E-state index contributed by atoms with van der Waals surface area (Å²) in [6.07, 6.45) is 5.02. The van der Waals surface area contributed by atoms with Crippen LogP contribution in [0.2, 0.25) is 0 Å². The van der Waals surface area contributed by atoms with Crippen molar-refractivity contribution in [1.29, 1.82) is 0 Å². The zero-order chi connectivity index (χ0) is 8.69. The van der Waals surface area contributed by atoms with Crippen LogP contribution in [0.15, 0.2) is 36.2 Å². The lowest BCUT2D eigenvalue weighted by atomic mass is 10.2. The molecule has 0 radical (unpaired) electrons. The van der Waals surface area contributed by atoms with Crippen LogP contribution in [0.25, 0.3) is 0 Å². The summed E-state index contributed by atoms with van der Waals surface area (Å²) in [5.41, 5.74) is 0.482. The van der Waals surface area contributed by atoms with E-state index in [1.165, 1.54) is 12.2 Å². The van der Waals surface area contributed by atoms with E-state index >= 15 is 0 Å². The van der Waals surface area contributed by atoms with Crippen molar-refractivity contribution in [3.8, 4) is 0 Å². The third kappa shape index (κ3) is 5.27. The molecule has 0 aliphatic carbocycles. The van der Waals surface area contributed by atoms with Crippen LogP contribution in [0.3, 0.4) is 0 Å². The molecule has 2 heteroatoms. The molecule has 0 aromatic heterocycles. The van der Waals surface area contributed by atoms with Gasteiger partial charge in [-0.1, -0.05) is 12.7 Å². The van der Waals surface area contributed by atoms with Crippen LogP contribution in [-0.2, 0) is 4.79 Å². The molecule has 0 rings (SSSR count). The normalized spacial score (nSPS) is 12.0. The monoisotopic (exact) mass is 154 g/mol. The van der Waals surface area contributed by atoms with Gasteiger partial charge in [0.2, 0.25) is 0 Å². The molecule has 1 nitrogen and oxygen atoms in total. The molecule has 0 aromatic carbocycles. The maximum Gasteiger partial charge on any atom is 0.124 e. The zero-order valence-corrected chi connectivity index (χ0v) is 6.51. The third-order valence-electron chi connectivity index (χ3n) is 1.01. The van der Waals surface area contributed by atoms with Crippen LogP contribution in [0.4, 0.5) is 4.39 Å². The van der Waals surface area contributed by atoms with E-state index in [9.17, 15) is 9.18 Å². The van der Waals surface area contributed by atoms with Crippen molar-refractivity contribution in [3.05, 3.63) is 36.2 Å². The van der Waals surface area contributed by atoms with Gasteiger partial charge in [0.1, 0.15) is 12.1 Å². The highest BCUT2D eigenvalue weighted by Gasteiger charge is 1.90. The maximum atomic E-state index is 12.6. The van der Waals surface area contributed by atoms with Gasteiger partial charge in [-0.05, 0) is 24.6 Å². The molecule has 0 heterocycles. The number of hydrogen-bond acceptors (Lipinski definition) is 1. The standard InChI is InChI=1S/C9H11FO/c1-3-4-9(10)7-8(2)5-6-11/h3-4,6-7H,2,5H2,1H3/b4-3-,9-7+. The second-order valence-electron chi connectivity index (χ2n) is 2.06. The van der Waals surface area contributed by atoms with E-state index in [2.05, 4.69) is 6.58 Å². The molecule has 0 saturated heterocycles. The summed E-state index contributed by atoms with van der Waals surface area (Å²) in [5.74, 6) is -0.376. The quantitative estimate of drug-likeness (QED) is 0.449. The molecule has 0 spiro atoms. The van der Waals surface area contributed by atoms with Crippen LogP contribution in [0, 0.1) is 0 Å². The first-order chi connectivity index (χ1) is 5.20. The number of carbonyl (C=O) groups is 1. The Balaban J connectivity index is 4.06. The van der Waals surface area contributed by atoms with Crippen molar-refractivity contribution in [1.82, 2.24) is 0 Å². The molecule has 0 aromatic rings. The first-order valence-electron chi connectivity index (χ1n) is 3.32. The van der Waals surface area contributed by atoms with Gasteiger partial charge < -0.3 is 4.79 Å². The number of halogens is 1. The topological polar surface area (TPSA) is 17.1 Å². The van der Waals surface area contributed by atoms with Gasteiger partial charge in [0.05, 0.1) is 0 Å². The largest absolute Gasteiger partial charge is 0.303 e. The fourth-order valence-electron chi connectivity index (χ4n) is 0.568. The summed E-state index contributed by atoms with van der Waals surface area (Å²) in [7, 11) is 0.